The minimum Gasteiger partial charge on any atom is -0.392 e. The summed E-state index contributed by atoms with van der Waals surface area (Å²) in [6.45, 7) is 2.19. The summed E-state index contributed by atoms with van der Waals surface area (Å²) < 4.78 is 0. The van der Waals surface area contributed by atoms with E-state index in [1.165, 1.54) is 6.07 Å². The number of pyridine rings is 1. The third-order valence-electron chi connectivity index (χ3n) is 5.87. The van der Waals surface area contributed by atoms with E-state index in [0.717, 1.165) is 35.0 Å². The van der Waals surface area contributed by atoms with Crippen LogP contribution >= 0.6 is 0 Å². The molecule has 2 N–H and O–H groups in total. The van der Waals surface area contributed by atoms with Gasteiger partial charge in [0, 0.05) is 38.3 Å². The number of carbonyl (C=O) groups is 1. The van der Waals surface area contributed by atoms with E-state index in [0.29, 0.717) is 13.1 Å². The number of H-pyrrole nitrogens is 1. The van der Waals surface area contributed by atoms with E-state index in [4.69, 9.17) is 0 Å². The van der Waals surface area contributed by atoms with Crippen molar-refractivity contribution in [1.82, 2.24) is 14.8 Å². The highest BCUT2D eigenvalue weighted by atomic mass is 16.3. The first-order valence-electron chi connectivity index (χ1n) is 10.3. The Morgan fingerprint density at radius 3 is 2.73 bits per heavy atom. The van der Waals surface area contributed by atoms with Crippen molar-refractivity contribution in [2.45, 2.75) is 25.0 Å². The third kappa shape index (κ3) is 4.61. The third-order valence-corrected chi connectivity index (χ3v) is 5.87. The lowest BCUT2D eigenvalue weighted by molar-refractivity contribution is -0.131. The monoisotopic (exact) mass is 405 g/mol. The molecule has 1 aliphatic heterocycles. The van der Waals surface area contributed by atoms with Gasteiger partial charge in [0.15, 0.2) is 0 Å². The van der Waals surface area contributed by atoms with E-state index in [1.807, 2.05) is 60.5 Å². The molecule has 30 heavy (non-hydrogen) atoms. The van der Waals surface area contributed by atoms with Crippen LogP contribution in [0.15, 0.2) is 65.5 Å². The average Bonchev–Trinajstić information content (AvgIpc) is 3.17. The van der Waals surface area contributed by atoms with Gasteiger partial charge in [0.05, 0.1) is 18.6 Å². The molecule has 2 heterocycles. The largest absolute Gasteiger partial charge is 0.392 e. The van der Waals surface area contributed by atoms with Crippen molar-refractivity contribution in [2.75, 3.05) is 26.7 Å². The first kappa shape index (κ1) is 20.3. The van der Waals surface area contributed by atoms with Crippen LogP contribution in [0.1, 0.15) is 23.6 Å². The molecule has 0 radical (unpaired) electrons. The Morgan fingerprint density at radius 1 is 1.20 bits per heavy atom. The summed E-state index contributed by atoms with van der Waals surface area (Å²) in [5.74, 6) is 0.0346. The molecular weight excluding hydrogens is 378 g/mol. The van der Waals surface area contributed by atoms with Crippen LogP contribution in [-0.4, -0.2) is 58.6 Å². The zero-order valence-corrected chi connectivity index (χ0v) is 17.1. The van der Waals surface area contributed by atoms with Gasteiger partial charge >= 0.3 is 0 Å². The molecule has 1 aromatic heterocycles. The molecular formula is C24H27N3O3. The number of benzene rings is 2. The Balaban J connectivity index is 1.53. The molecule has 2 atom stereocenters. The lowest BCUT2D eigenvalue weighted by atomic mass is 10.0. The number of aliphatic hydroxyl groups excluding tert-OH is 1. The molecule has 1 aliphatic rings. The van der Waals surface area contributed by atoms with Crippen LogP contribution in [0.25, 0.3) is 10.9 Å². The average molecular weight is 405 g/mol. The number of likely N-dealkylation sites (N-methyl/N-ethyl adjacent to an activating group) is 1. The minimum absolute atomic E-state index is 0.0346. The molecule has 3 aromatic rings. The Labute approximate surface area is 175 Å². The number of nitrogens with one attached hydrogen (secondary N) is 1. The van der Waals surface area contributed by atoms with Gasteiger partial charge < -0.3 is 15.0 Å². The van der Waals surface area contributed by atoms with Crippen LogP contribution < -0.4 is 5.56 Å². The van der Waals surface area contributed by atoms with Gasteiger partial charge in [0.2, 0.25) is 11.5 Å². The van der Waals surface area contributed by atoms with E-state index < -0.39 is 0 Å². The topological polar surface area (TPSA) is 76.6 Å². The van der Waals surface area contributed by atoms with Crippen molar-refractivity contribution in [3.05, 3.63) is 82.1 Å². The second-order valence-corrected chi connectivity index (χ2v) is 8.05. The molecule has 0 aliphatic carbocycles. The van der Waals surface area contributed by atoms with E-state index in [1.54, 1.807) is 6.07 Å². The standard InChI is InChI=1S/C24H27N3O3/c1-26(22(18-5-3-2-4-6-18)16-27-12-11-20(28)15-27)24(30)14-17-7-9-21-19(13-17)8-10-23(29)25-21/h2-10,13,20,22,28H,11-12,14-16H2,1H3,(H,25,29)/t20-,22?/m0/s1. The van der Waals surface area contributed by atoms with E-state index in [2.05, 4.69) is 9.88 Å². The van der Waals surface area contributed by atoms with Crippen LogP contribution in [-0.2, 0) is 11.2 Å². The molecule has 2 aromatic carbocycles. The van der Waals surface area contributed by atoms with Gasteiger partial charge in [-0.05, 0) is 41.1 Å². The quantitative estimate of drug-likeness (QED) is 0.660. The summed E-state index contributed by atoms with van der Waals surface area (Å²) in [6.07, 6.45) is 0.780. The van der Waals surface area contributed by atoms with Crippen LogP contribution in [0.2, 0.25) is 0 Å². The van der Waals surface area contributed by atoms with Gasteiger partial charge in [0.25, 0.3) is 0 Å². The fourth-order valence-electron chi connectivity index (χ4n) is 4.14. The van der Waals surface area contributed by atoms with Crippen LogP contribution in [0.3, 0.4) is 0 Å². The predicted octanol–water partition coefficient (Wildman–Crippen LogP) is 2.34. The fraction of sp³-hybridized carbons (Fsp3) is 0.333. The lowest BCUT2D eigenvalue weighted by Crippen LogP contribution is -2.39. The van der Waals surface area contributed by atoms with Crippen LogP contribution in [0.4, 0.5) is 0 Å². The minimum atomic E-state index is -0.286. The summed E-state index contributed by atoms with van der Waals surface area (Å²) in [7, 11) is 1.85. The number of fused-ring (bicyclic) bond motifs is 1. The molecule has 0 spiro atoms. The summed E-state index contributed by atoms with van der Waals surface area (Å²) in [5.41, 5.74) is 2.63. The van der Waals surface area contributed by atoms with Crippen molar-refractivity contribution in [3.8, 4) is 0 Å². The van der Waals surface area contributed by atoms with Crippen LogP contribution in [0.5, 0.6) is 0 Å². The SMILES string of the molecule is CN(C(=O)Cc1ccc2[nH]c(=O)ccc2c1)C(CN1CC[C@H](O)C1)c1ccccc1. The molecule has 6 heteroatoms. The number of aromatic nitrogens is 1. The van der Waals surface area contributed by atoms with Gasteiger partial charge in [-0.25, -0.2) is 0 Å². The van der Waals surface area contributed by atoms with Crippen molar-refractivity contribution in [1.29, 1.82) is 0 Å². The summed E-state index contributed by atoms with van der Waals surface area (Å²) in [4.78, 5) is 31.5. The highest BCUT2D eigenvalue weighted by Crippen LogP contribution is 2.24. The Bertz CT molecular complexity index is 1080. The summed E-state index contributed by atoms with van der Waals surface area (Å²) in [6, 6.07) is 18.9. The van der Waals surface area contributed by atoms with E-state index in [-0.39, 0.29) is 30.0 Å². The molecule has 4 rings (SSSR count). The Hall–Kier alpha value is -2.96. The molecule has 6 nitrogen and oxygen atoms in total. The normalized spacial score (nSPS) is 17.9. The molecule has 1 amide bonds. The molecule has 0 saturated carbocycles. The number of nitrogens with zero attached hydrogens (tertiary/aromatic N) is 2. The van der Waals surface area contributed by atoms with Gasteiger partial charge in [-0.15, -0.1) is 0 Å². The van der Waals surface area contributed by atoms with Gasteiger partial charge in [-0.2, -0.15) is 0 Å². The van der Waals surface area contributed by atoms with Gasteiger partial charge in [0.1, 0.15) is 0 Å². The number of rotatable bonds is 6. The number of likely N-dealkylation sites (tertiary alicyclic amines) is 1. The zero-order valence-electron chi connectivity index (χ0n) is 17.1. The maximum atomic E-state index is 13.2. The zero-order chi connectivity index (χ0) is 21.1. The highest BCUT2D eigenvalue weighted by Gasteiger charge is 2.28. The van der Waals surface area contributed by atoms with Crippen molar-refractivity contribution >= 4 is 16.8 Å². The smallest absolute Gasteiger partial charge is 0.248 e. The number of hydrogen-bond acceptors (Lipinski definition) is 4. The predicted molar refractivity (Wildman–Crippen MR) is 117 cm³/mol. The second-order valence-electron chi connectivity index (χ2n) is 8.05. The molecule has 1 unspecified atom stereocenters. The lowest BCUT2D eigenvalue weighted by Gasteiger charge is -2.32. The van der Waals surface area contributed by atoms with Crippen molar-refractivity contribution < 1.29 is 9.90 Å². The molecule has 156 valence electrons. The maximum Gasteiger partial charge on any atom is 0.248 e. The van der Waals surface area contributed by atoms with Gasteiger partial charge in [-0.3, -0.25) is 14.5 Å². The Kier molecular flexibility index (Phi) is 5.97. The first-order chi connectivity index (χ1) is 14.5. The summed E-state index contributed by atoms with van der Waals surface area (Å²) in [5, 5.41) is 10.8. The number of carbonyl (C=O) groups excluding carboxylic acids is 1. The second kappa shape index (κ2) is 8.81. The number of amides is 1. The van der Waals surface area contributed by atoms with E-state index in [9.17, 15) is 14.7 Å². The number of β-amino-alcohol motifs (C(OH)–C–C–N with tert-alkyl or cyclic N) is 1. The maximum absolute atomic E-state index is 13.2. The molecule has 1 fully saturated rings. The Morgan fingerprint density at radius 2 is 2.00 bits per heavy atom. The number of hydrogen-bond donors (Lipinski definition) is 2. The highest BCUT2D eigenvalue weighted by molar-refractivity contribution is 5.83. The van der Waals surface area contributed by atoms with Crippen LogP contribution in [0, 0.1) is 0 Å². The number of aliphatic hydroxyl groups is 1. The fourth-order valence-corrected chi connectivity index (χ4v) is 4.14. The van der Waals surface area contributed by atoms with Gasteiger partial charge in [-0.1, -0.05) is 36.4 Å². The van der Waals surface area contributed by atoms with Crippen molar-refractivity contribution in [2.24, 2.45) is 0 Å². The first-order valence-corrected chi connectivity index (χ1v) is 10.3. The number of aromatic amines is 1. The summed E-state index contributed by atoms with van der Waals surface area (Å²) >= 11 is 0. The molecule has 0 bridgehead atoms. The van der Waals surface area contributed by atoms with Crippen molar-refractivity contribution in [3.63, 3.8) is 0 Å². The van der Waals surface area contributed by atoms with E-state index >= 15 is 0 Å². The molecule has 1 saturated heterocycles.